The summed E-state index contributed by atoms with van der Waals surface area (Å²) in [7, 11) is 5.44. The summed E-state index contributed by atoms with van der Waals surface area (Å²) < 4.78 is 101. The quantitative estimate of drug-likeness (QED) is 0.354. The number of carbonyl (C=O) groups excluding carboxylic acids is 1. The second-order valence-corrected chi connectivity index (χ2v) is 8.63. The van der Waals surface area contributed by atoms with E-state index in [1.807, 2.05) is 6.07 Å². The summed E-state index contributed by atoms with van der Waals surface area (Å²) in [6, 6.07) is 4.50. The zero-order chi connectivity index (χ0) is 33.9. The Bertz CT molecular complexity index is 1040. The fraction of sp³-hybridized carbons (Fsp3) is 0.591. The number of likely N-dealkylation sites (tertiary alicyclic amines) is 2. The number of fused-ring (bicyclic) bond motifs is 1. The maximum Gasteiger partial charge on any atom is 0.490 e. The Kier molecular flexibility index (Phi) is 14.6. The number of nitrogens with one attached hydrogen (secondary N) is 1. The average molecular weight is 646 g/mol. The number of hydrogen-bond donors (Lipinski definition) is 4. The Labute approximate surface area is 237 Å². The van der Waals surface area contributed by atoms with Gasteiger partial charge in [-0.05, 0) is 25.5 Å². The molecule has 3 heterocycles. The number of carboxylic acid groups (broad SMARTS) is 3. The Morgan fingerprint density at radius 2 is 1.37 bits per heavy atom. The predicted octanol–water partition coefficient (Wildman–Crippen LogP) is 2.24. The first-order valence-electron chi connectivity index (χ1n) is 11.5. The molecule has 246 valence electrons. The number of methoxy groups -OCH3 is 1. The molecule has 0 spiro atoms. The molecule has 4 N–H and O–H groups in total. The van der Waals surface area contributed by atoms with Crippen molar-refractivity contribution in [3.05, 3.63) is 23.9 Å². The topological polar surface area (TPSA) is 170 Å². The number of aromatic nitrogens is 1. The number of aliphatic carboxylic acids is 3. The molecule has 0 aromatic carbocycles. The van der Waals surface area contributed by atoms with Gasteiger partial charge in [0.25, 0.3) is 0 Å². The molecule has 2 aliphatic rings. The first kappa shape index (κ1) is 39.1. The average Bonchev–Trinajstić information content (AvgIpc) is 3.41. The highest BCUT2D eigenvalue weighted by molar-refractivity contribution is 5.82. The summed E-state index contributed by atoms with van der Waals surface area (Å²) in [6.07, 6.45) is -12.6. The molecule has 21 heteroatoms. The van der Waals surface area contributed by atoms with Crippen molar-refractivity contribution in [2.45, 2.75) is 43.6 Å². The molecule has 0 unspecified atom stereocenters. The summed E-state index contributed by atoms with van der Waals surface area (Å²) in [4.78, 5) is 47.5. The van der Waals surface area contributed by atoms with Crippen molar-refractivity contribution < 1.29 is 78.7 Å². The van der Waals surface area contributed by atoms with Gasteiger partial charge in [0.05, 0.1) is 13.2 Å². The van der Waals surface area contributed by atoms with Crippen LogP contribution in [0.4, 0.5) is 39.5 Å². The Hall–Kier alpha value is -3.88. The lowest BCUT2D eigenvalue weighted by molar-refractivity contribution is -0.193. The molecular formula is C22H27F9N4O8. The smallest absolute Gasteiger partial charge is 0.481 e. The standard InChI is InChI=1S/C16H24N4O2.3C2HF3O2/c1-17-15(21)13-7-12-9-20(10-14(12)19(13)2)8-11-5-4-6-18-16(11)22-3;3*3-2(4,5)1(6)7/h4-6,12-14H,7-10H2,1-3H3,(H,17,21);3*(H,6,7)/t12-,13-,14+;;;/m1.../s1. The highest BCUT2D eigenvalue weighted by Crippen LogP contribution is 2.35. The minimum Gasteiger partial charge on any atom is -0.481 e. The number of rotatable bonds is 4. The van der Waals surface area contributed by atoms with Gasteiger partial charge in [0, 0.05) is 44.5 Å². The molecule has 1 aromatic rings. The SMILES string of the molecule is CNC(=O)[C@H]1C[C@@H]2CN(Cc3cccnc3OC)C[C@@H]2N1C.O=C(O)C(F)(F)F.O=C(O)C(F)(F)F.O=C(O)C(F)(F)F. The number of ether oxygens (including phenoxy) is 1. The van der Waals surface area contributed by atoms with Crippen molar-refractivity contribution in [1.82, 2.24) is 20.1 Å². The lowest BCUT2D eigenvalue weighted by Crippen LogP contribution is -2.44. The molecule has 12 nitrogen and oxygen atoms in total. The Balaban J connectivity index is 0.000000690. The van der Waals surface area contributed by atoms with E-state index < -0.39 is 36.4 Å². The fourth-order valence-corrected chi connectivity index (χ4v) is 3.88. The van der Waals surface area contributed by atoms with Crippen LogP contribution in [-0.4, -0.2) is 119 Å². The maximum absolute atomic E-state index is 11.9. The van der Waals surface area contributed by atoms with Crippen LogP contribution in [0, 0.1) is 5.92 Å². The van der Waals surface area contributed by atoms with Gasteiger partial charge >= 0.3 is 36.4 Å². The molecule has 0 radical (unpaired) electrons. The number of likely N-dealkylation sites (N-methyl/N-ethyl adjacent to an activating group) is 2. The van der Waals surface area contributed by atoms with Gasteiger partial charge in [0.15, 0.2) is 0 Å². The number of carboxylic acids is 3. The first-order valence-corrected chi connectivity index (χ1v) is 11.5. The number of pyridine rings is 1. The molecule has 1 aromatic heterocycles. The van der Waals surface area contributed by atoms with Crippen LogP contribution in [0.1, 0.15) is 12.0 Å². The van der Waals surface area contributed by atoms with Crippen LogP contribution >= 0.6 is 0 Å². The summed E-state index contributed by atoms with van der Waals surface area (Å²) in [5.74, 6) is -6.86. The third-order valence-electron chi connectivity index (χ3n) is 5.74. The van der Waals surface area contributed by atoms with E-state index >= 15 is 0 Å². The van der Waals surface area contributed by atoms with Crippen LogP contribution in [-0.2, 0) is 25.7 Å². The zero-order valence-corrected chi connectivity index (χ0v) is 22.4. The van der Waals surface area contributed by atoms with E-state index in [2.05, 4.69) is 33.2 Å². The monoisotopic (exact) mass is 646 g/mol. The lowest BCUT2D eigenvalue weighted by atomic mass is 10.0. The fourth-order valence-electron chi connectivity index (χ4n) is 3.88. The number of alkyl halides is 9. The minimum absolute atomic E-state index is 0.0232. The van der Waals surface area contributed by atoms with E-state index in [-0.39, 0.29) is 11.9 Å². The highest BCUT2D eigenvalue weighted by Gasteiger charge is 2.47. The van der Waals surface area contributed by atoms with Gasteiger partial charge in [-0.3, -0.25) is 14.6 Å². The van der Waals surface area contributed by atoms with Gasteiger partial charge < -0.3 is 25.4 Å². The van der Waals surface area contributed by atoms with E-state index in [4.69, 9.17) is 34.4 Å². The van der Waals surface area contributed by atoms with Gasteiger partial charge in [0.1, 0.15) is 0 Å². The molecule has 1 amide bonds. The first-order chi connectivity index (χ1) is 19.5. The molecule has 2 saturated heterocycles. The van der Waals surface area contributed by atoms with Gasteiger partial charge in [-0.2, -0.15) is 39.5 Å². The van der Waals surface area contributed by atoms with Crippen molar-refractivity contribution in [3.8, 4) is 5.88 Å². The molecule has 0 aliphatic carbocycles. The highest BCUT2D eigenvalue weighted by atomic mass is 19.4. The number of amides is 1. The summed E-state index contributed by atoms with van der Waals surface area (Å²) >= 11 is 0. The van der Waals surface area contributed by atoms with Crippen molar-refractivity contribution in [2.75, 3.05) is 34.3 Å². The normalized spacial score (nSPS) is 20.1. The summed E-state index contributed by atoms with van der Waals surface area (Å²) in [5.41, 5.74) is 1.12. The number of halogens is 9. The predicted molar refractivity (Wildman–Crippen MR) is 125 cm³/mol. The van der Waals surface area contributed by atoms with E-state index in [1.165, 1.54) is 0 Å². The molecule has 2 aliphatic heterocycles. The molecule has 3 rings (SSSR count). The lowest BCUT2D eigenvalue weighted by Gasteiger charge is -2.25. The van der Waals surface area contributed by atoms with Crippen molar-refractivity contribution in [1.29, 1.82) is 0 Å². The Morgan fingerprint density at radius 1 is 0.930 bits per heavy atom. The second kappa shape index (κ2) is 16.1. The van der Waals surface area contributed by atoms with Crippen LogP contribution in [0.3, 0.4) is 0 Å². The molecule has 3 atom stereocenters. The molecule has 43 heavy (non-hydrogen) atoms. The van der Waals surface area contributed by atoms with E-state index in [1.54, 1.807) is 20.4 Å². The summed E-state index contributed by atoms with van der Waals surface area (Å²) in [5, 5.41) is 24.1. The van der Waals surface area contributed by atoms with Crippen LogP contribution in [0.25, 0.3) is 0 Å². The van der Waals surface area contributed by atoms with Crippen molar-refractivity contribution >= 4 is 23.8 Å². The van der Waals surface area contributed by atoms with Crippen LogP contribution < -0.4 is 10.1 Å². The van der Waals surface area contributed by atoms with Gasteiger partial charge in [-0.15, -0.1) is 0 Å². The van der Waals surface area contributed by atoms with Crippen LogP contribution in [0.5, 0.6) is 5.88 Å². The second-order valence-electron chi connectivity index (χ2n) is 8.63. The van der Waals surface area contributed by atoms with E-state index in [0.717, 1.165) is 31.6 Å². The molecular weight excluding hydrogens is 619 g/mol. The van der Waals surface area contributed by atoms with Gasteiger partial charge in [-0.1, -0.05) is 6.07 Å². The molecule has 2 fully saturated rings. The van der Waals surface area contributed by atoms with E-state index in [9.17, 15) is 44.3 Å². The largest absolute Gasteiger partial charge is 0.490 e. The number of nitrogens with zero attached hydrogens (tertiary/aromatic N) is 3. The number of carbonyl (C=O) groups is 4. The van der Waals surface area contributed by atoms with Crippen LogP contribution in [0.2, 0.25) is 0 Å². The van der Waals surface area contributed by atoms with E-state index in [0.29, 0.717) is 17.8 Å². The van der Waals surface area contributed by atoms with Gasteiger partial charge in [-0.25, -0.2) is 19.4 Å². The third kappa shape index (κ3) is 13.3. The maximum atomic E-state index is 11.9. The van der Waals surface area contributed by atoms with Crippen molar-refractivity contribution in [2.24, 2.45) is 5.92 Å². The number of hydrogen-bond acceptors (Lipinski definition) is 8. The minimum atomic E-state index is -5.08. The molecule has 0 saturated carbocycles. The van der Waals surface area contributed by atoms with Crippen molar-refractivity contribution in [3.63, 3.8) is 0 Å². The zero-order valence-electron chi connectivity index (χ0n) is 22.4. The molecule has 0 bridgehead atoms. The van der Waals surface area contributed by atoms with Crippen LogP contribution in [0.15, 0.2) is 18.3 Å². The van der Waals surface area contributed by atoms with Gasteiger partial charge in [0.2, 0.25) is 11.8 Å². The Morgan fingerprint density at radius 3 is 1.72 bits per heavy atom. The third-order valence-corrected chi connectivity index (χ3v) is 5.74. The summed E-state index contributed by atoms with van der Waals surface area (Å²) in [6.45, 7) is 2.87.